The summed E-state index contributed by atoms with van der Waals surface area (Å²) in [5, 5.41) is 7.89. The molecule has 4 rings (SSSR count). The second kappa shape index (κ2) is 10.9. The van der Waals surface area contributed by atoms with Crippen molar-refractivity contribution in [1.29, 1.82) is 0 Å². The molecule has 2 aromatic carbocycles. The predicted octanol–water partition coefficient (Wildman–Crippen LogP) is 3.96. The zero-order chi connectivity index (χ0) is 23.9. The molecule has 1 aliphatic heterocycles. The number of carbonyl (C=O) groups excluding carboxylic acids is 2. The molecule has 0 radical (unpaired) electrons. The summed E-state index contributed by atoms with van der Waals surface area (Å²) in [6, 6.07) is 17.5. The van der Waals surface area contributed by atoms with Crippen molar-refractivity contribution in [3.05, 3.63) is 71.9 Å². The third kappa shape index (κ3) is 5.57. The lowest BCUT2D eigenvalue weighted by molar-refractivity contribution is 0.0860. The van der Waals surface area contributed by atoms with E-state index in [9.17, 15) is 9.59 Å². The zero-order valence-corrected chi connectivity index (χ0v) is 19.6. The molecule has 8 heteroatoms. The Kier molecular flexibility index (Phi) is 7.47. The van der Waals surface area contributed by atoms with Crippen LogP contribution >= 0.6 is 0 Å². The Balaban J connectivity index is 1.53. The Morgan fingerprint density at radius 3 is 2.56 bits per heavy atom. The maximum atomic E-state index is 13.3. The van der Waals surface area contributed by atoms with Crippen molar-refractivity contribution >= 4 is 12.0 Å². The molecule has 178 valence electrons. The molecule has 1 N–H and O–H groups in total. The molecule has 3 aromatic rings. The van der Waals surface area contributed by atoms with Gasteiger partial charge in [0.25, 0.3) is 5.91 Å². The van der Waals surface area contributed by atoms with Crippen molar-refractivity contribution in [2.75, 3.05) is 26.8 Å². The Bertz CT molecular complexity index is 1120. The number of carbonyl (C=O) groups is 2. The maximum absolute atomic E-state index is 13.3. The fourth-order valence-electron chi connectivity index (χ4n) is 4.11. The van der Waals surface area contributed by atoms with E-state index in [0.29, 0.717) is 56.1 Å². The normalized spacial score (nSPS) is 14.0. The van der Waals surface area contributed by atoms with Gasteiger partial charge in [-0.05, 0) is 37.5 Å². The molecule has 1 aromatic heterocycles. The second-order valence-corrected chi connectivity index (χ2v) is 8.24. The Morgan fingerprint density at radius 1 is 1.09 bits per heavy atom. The first-order valence-corrected chi connectivity index (χ1v) is 11.6. The number of methoxy groups -OCH3 is 1. The highest BCUT2D eigenvalue weighted by Crippen LogP contribution is 2.26. The number of rotatable bonds is 7. The number of hydrogen-bond donors (Lipinski definition) is 1. The van der Waals surface area contributed by atoms with E-state index in [-0.39, 0.29) is 18.0 Å². The minimum absolute atomic E-state index is 0.0196. The average Bonchev–Trinajstić information content (AvgIpc) is 3.29. The summed E-state index contributed by atoms with van der Waals surface area (Å²) >= 11 is 0. The van der Waals surface area contributed by atoms with Crippen LogP contribution in [0.1, 0.15) is 35.7 Å². The number of ether oxygens (including phenoxy) is 2. The fourth-order valence-corrected chi connectivity index (χ4v) is 4.11. The third-order valence-corrected chi connectivity index (χ3v) is 5.89. The topological polar surface area (TPSA) is 85.7 Å². The van der Waals surface area contributed by atoms with Gasteiger partial charge in [-0.15, -0.1) is 0 Å². The van der Waals surface area contributed by atoms with Gasteiger partial charge in [0, 0.05) is 30.9 Å². The number of amides is 2. The molecular weight excluding hydrogens is 432 g/mol. The van der Waals surface area contributed by atoms with E-state index >= 15 is 0 Å². The van der Waals surface area contributed by atoms with E-state index in [1.165, 1.54) is 0 Å². The molecule has 0 atom stereocenters. The SMILES string of the molecule is CCOC(=O)N1CCC(NC(=O)c2cn(Cc3ccccc3)nc2-c2cccc(OC)c2)CC1. The van der Waals surface area contributed by atoms with E-state index in [1.807, 2.05) is 54.6 Å². The predicted molar refractivity (Wildman–Crippen MR) is 129 cm³/mol. The van der Waals surface area contributed by atoms with Crippen molar-refractivity contribution in [3.63, 3.8) is 0 Å². The number of hydrogen-bond acceptors (Lipinski definition) is 5. The summed E-state index contributed by atoms with van der Waals surface area (Å²) in [7, 11) is 1.61. The molecule has 2 heterocycles. The molecule has 2 amide bonds. The van der Waals surface area contributed by atoms with Crippen LogP contribution in [0.25, 0.3) is 11.3 Å². The molecule has 8 nitrogen and oxygen atoms in total. The minimum Gasteiger partial charge on any atom is -0.497 e. The van der Waals surface area contributed by atoms with Gasteiger partial charge >= 0.3 is 6.09 Å². The zero-order valence-electron chi connectivity index (χ0n) is 19.6. The van der Waals surface area contributed by atoms with Crippen molar-refractivity contribution in [3.8, 4) is 17.0 Å². The van der Waals surface area contributed by atoms with E-state index in [1.54, 1.807) is 29.8 Å². The highest BCUT2D eigenvalue weighted by molar-refractivity contribution is 6.00. The van der Waals surface area contributed by atoms with E-state index in [2.05, 4.69) is 5.32 Å². The number of piperidine rings is 1. The van der Waals surface area contributed by atoms with Crippen molar-refractivity contribution in [2.45, 2.75) is 32.4 Å². The van der Waals surface area contributed by atoms with Crippen LogP contribution in [0.4, 0.5) is 4.79 Å². The molecule has 1 saturated heterocycles. The first-order chi connectivity index (χ1) is 16.6. The van der Waals surface area contributed by atoms with Gasteiger partial charge in [0.2, 0.25) is 0 Å². The van der Waals surface area contributed by atoms with Crippen LogP contribution in [0.2, 0.25) is 0 Å². The first-order valence-electron chi connectivity index (χ1n) is 11.6. The van der Waals surface area contributed by atoms with Crippen molar-refractivity contribution < 1.29 is 19.1 Å². The summed E-state index contributed by atoms with van der Waals surface area (Å²) in [5.74, 6) is 0.527. The largest absolute Gasteiger partial charge is 0.497 e. The molecular formula is C26H30N4O4. The number of nitrogens with zero attached hydrogens (tertiary/aromatic N) is 3. The van der Waals surface area contributed by atoms with Crippen LogP contribution in [0.15, 0.2) is 60.8 Å². The van der Waals surface area contributed by atoms with Gasteiger partial charge in [-0.2, -0.15) is 5.10 Å². The lowest BCUT2D eigenvalue weighted by atomic mass is 10.0. The summed E-state index contributed by atoms with van der Waals surface area (Å²) in [6.07, 6.45) is 2.86. The standard InChI is InChI=1S/C26H30N4O4/c1-3-34-26(32)29-14-12-21(13-15-29)27-25(31)23-18-30(17-19-8-5-4-6-9-19)28-24(23)20-10-7-11-22(16-20)33-2/h4-11,16,18,21H,3,12-15,17H2,1-2H3,(H,27,31). The summed E-state index contributed by atoms with van der Waals surface area (Å²) in [5.41, 5.74) is 3.03. The third-order valence-electron chi connectivity index (χ3n) is 5.89. The van der Waals surface area contributed by atoms with Crippen LogP contribution in [0.5, 0.6) is 5.75 Å². The van der Waals surface area contributed by atoms with Gasteiger partial charge in [0.05, 0.1) is 25.8 Å². The molecule has 0 saturated carbocycles. The lowest BCUT2D eigenvalue weighted by Crippen LogP contribution is -2.46. The van der Waals surface area contributed by atoms with Gasteiger partial charge in [-0.25, -0.2) is 4.79 Å². The molecule has 34 heavy (non-hydrogen) atoms. The number of likely N-dealkylation sites (tertiary alicyclic amines) is 1. The van der Waals surface area contributed by atoms with E-state index < -0.39 is 0 Å². The van der Waals surface area contributed by atoms with E-state index in [4.69, 9.17) is 14.6 Å². The lowest BCUT2D eigenvalue weighted by Gasteiger charge is -2.31. The monoisotopic (exact) mass is 462 g/mol. The molecule has 1 aliphatic rings. The Labute approximate surface area is 199 Å². The number of aromatic nitrogens is 2. The summed E-state index contributed by atoms with van der Waals surface area (Å²) < 4.78 is 12.2. The molecule has 0 bridgehead atoms. The fraction of sp³-hybridized carbons (Fsp3) is 0.346. The van der Waals surface area contributed by atoms with Crippen LogP contribution in [0.3, 0.4) is 0 Å². The van der Waals surface area contributed by atoms with Gasteiger partial charge in [0.1, 0.15) is 11.4 Å². The molecule has 0 unspecified atom stereocenters. The number of benzene rings is 2. The van der Waals surface area contributed by atoms with Crippen molar-refractivity contribution in [1.82, 2.24) is 20.0 Å². The molecule has 0 spiro atoms. The van der Waals surface area contributed by atoms with Crippen LogP contribution < -0.4 is 10.1 Å². The quantitative estimate of drug-likeness (QED) is 0.575. The summed E-state index contributed by atoms with van der Waals surface area (Å²) in [4.78, 5) is 27.0. The second-order valence-electron chi connectivity index (χ2n) is 8.24. The van der Waals surface area contributed by atoms with Gasteiger partial charge < -0.3 is 19.7 Å². The molecule has 1 fully saturated rings. The van der Waals surface area contributed by atoms with Crippen LogP contribution in [-0.4, -0.2) is 59.5 Å². The Morgan fingerprint density at radius 2 is 1.85 bits per heavy atom. The van der Waals surface area contributed by atoms with E-state index in [0.717, 1.165) is 11.1 Å². The van der Waals surface area contributed by atoms with Crippen LogP contribution in [-0.2, 0) is 11.3 Å². The van der Waals surface area contributed by atoms with Crippen LogP contribution in [0, 0.1) is 0 Å². The minimum atomic E-state index is -0.297. The maximum Gasteiger partial charge on any atom is 0.409 e. The highest BCUT2D eigenvalue weighted by atomic mass is 16.6. The van der Waals surface area contributed by atoms with Gasteiger partial charge in [-0.1, -0.05) is 42.5 Å². The van der Waals surface area contributed by atoms with Crippen molar-refractivity contribution in [2.24, 2.45) is 0 Å². The smallest absolute Gasteiger partial charge is 0.409 e. The van der Waals surface area contributed by atoms with Gasteiger partial charge in [-0.3, -0.25) is 9.48 Å². The molecule has 0 aliphatic carbocycles. The average molecular weight is 463 g/mol. The Hall–Kier alpha value is -3.81. The van der Waals surface area contributed by atoms with Gasteiger partial charge in [0.15, 0.2) is 0 Å². The number of nitrogens with one attached hydrogen (secondary N) is 1. The summed E-state index contributed by atoms with van der Waals surface area (Å²) in [6.45, 7) is 3.82. The highest BCUT2D eigenvalue weighted by Gasteiger charge is 2.26. The first kappa shape index (κ1) is 23.4.